The van der Waals surface area contributed by atoms with E-state index in [4.69, 9.17) is 5.73 Å². The van der Waals surface area contributed by atoms with Gasteiger partial charge in [0.2, 0.25) is 11.8 Å². The second kappa shape index (κ2) is 5.13. The Morgan fingerprint density at radius 2 is 2.00 bits per heavy atom. The van der Waals surface area contributed by atoms with Gasteiger partial charge in [-0.2, -0.15) is 0 Å². The van der Waals surface area contributed by atoms with Crippen LogP contribution in [0.4, 0.5) is 5.69 Å². The number of piperidine rings is 1. The SMILES string of the molecule is Nc1cccc2c1CN(C1CCC(=O)NC1=O)C2=O.[Cl-]. The van der Waals surface area contributed by atoms with Crippen LogP contribution in [0.15, 0.2) is 18.2 Å². The largest absolute Gasteiger partial charge is 1.00 e. The first kappa shape index (κ1) is 14.3. The van der Waals surface area contributed by atoms with Crippen molar-refractivity contribution in [2.75, 3.05) is 5.73 Å². The van der Waals surface area contributed by atoms with Crippen molar-refractivity contribution in [1.29, 1.82) is 0 Å². The third-order valence-electron chi connectivity index (χ3n) is 3.62. The number of nitrogen functional groups attached to an aromatic ring is 1. The van der Waals surface area contributed by atoms with Gasteiger partial charge in [0.15, 0.2) is 0 Å². The molecule has 7 heteroatoms. The fourth-order valence-corrected chi connectivity index (χ4v) is 2.61. The number of hydrogen-bond acceptors (Lipinski definition) is 4. The number of nitrogens with one attached hydrogen (secondary N) is 1. The summed E-state index contributed by atoms with van der Waals surface area (Å²) in [5.41, 5.74) is 7.71. The van der Waals surface area contributed by atoms with Crippen LogP contribution in [0.1, 0.15) is 28.8 Å². The highest BCUT2D eigenvalue weighted by Crippen LogP contribution is 2.30. The van der Waals surface area contributed by atoms with Gasteiger partial charge < -0.3 is 23.0 Å². The maximum atomic E-state index is 12.3. The number of rotatable bonds is 1. The minimum atomic E-state index is -0.586. The van der Waals surface area contributed by atoms with Crippen molar-refractivity contribution in [2.45, 2.75) is 25.4 Å². The molecular weight excluding hydrogens is 282 g/mol. The van der Waals surface area contributed by atoms with Crippen molar-refractivity contribution < 1.29 is 26.8 Å². The Bertz CT molecular complexity index is 603. The standard InChI is InChI=1S/C13H13N3O3.ClH/c14-9-3-1-2-7-8(9)6-16(13(7)19)10-4-5-11(17)15-12(10)18;/h1-3,10H,4-6,14H2,(H,15,17,18);1H/p-1. The van der Waals surface area contributed by atoms with Gasteiger partial charge in [-0.3, -0.25) is 19.7 Å². The molecule has 1 fully saturated rings. The number of imide groups is 1. The van der Waals surface area contributed by atoms with E-state index in [0.29, 0.717) is 24.2 Å². The molecule has 3 rings (SSSR count). The lowest BCUT2D eigenvalue weighted by molar-refractivity contribution is -0.136. The van der Waals surface area contributed by atoms with Crippen molar-refractivity contribution in [2.24, 2.45) is 0 Å². The van der Waals surface area contributed by atoms with E-state index in [-0.39, 0.29) is 30.6 Å². The molecular formula is C13H13ClN3O3-. The highest BCUT2D eigenvalue weighted by Gasteiger charge is 2.39. The molecule has 3 amide bonds. The van der Waals surface area contributed by atoms with E-state index >= 15 is 0 Å². The van der Waals surface area contributed by atoms with E-state index in [2.05, 4.69) is 5.32 Å². The van der Waals surface area contributed by atoms with E-state index < -0.39 is 11.9 Å². The number of benzene rings is 1. The zero-order chi connectivity index (χ0) is 13.6. The molecule has 0 radical (unpaired) electrons. The molecule has 2 heterocycles. The lowest BCUT2D eigenvalue weighted by atomic mass is 10.0. The molecule has 1 aromatic carbocycles. The normalized spacial score (nSPS) is 21.3. The average molecular weight is 295 g/mol. The Kier molecular flexibility index (Phi) is 3.67. The molecule has 0 bridgehead atoms. The van der Waals surface area contributed by atoms with Crippen LogP contribution in [-0.2, 0) is 16.1 Å². The maximum Gasteiger partial charge on any atom is 0.255 e. The molecule has 2 aliphatic heterocycles. The third-order valence-corrected chi connectivity index (χ3v) is 3.62. The summed E-state index contributed by atoms with van der Waals surface area (Å²) in [6, 6.07) is 4.58. The second-order valence-electron chi connectivity index (χ2n) is 4.77. The fourth-order valence-electron chi connectivity index (χ4n) is 2.61. The monoisotopic (exact) mass is 294 g/mol. The van der Waals surface area contributed by atoms with E-state index in [1.54, 1.807) is 18.2 Å². The van der Waals surface area contributed by atoms with Crippen LogP contribution in [-0.4, -0.2) is 28.7 Å². The lowest BCUT2D eigenvalue weighted by Crippen LogP contribution is -3.00. The summed E-state index contributed by atoms with van der Waals surface area (Å²) in [5.74, 6) is -0.891. The van der Waals surface area contributed by atoms with Crippen molar-refractivity contribution >= 4 is 23.4 Å². The smallest absolute Gasteiger partial charge is 0.255 e. The van der Waals surface area contributed by atoms with Crippen LogP contribution in [0, 0.1) is 0 Å². The second-order valence-corrected chi connectivity index (χ2v) is 4.77. The number of amides is 3. The van der Waals surface area contributed by atoms with Gasteiger partial charge in [0.25, 0.3) is 5.91 Å². The Hall–Kier alpha value is -2.08. The van der Waals surface area contributed by atoms with Gasteiger partial charge >= 0.3 is 0 Å². The molecule has 0 aromatic heterocycles. The van der Waals surface area contributed by atoms with E-state index in [1.165, 1.54) is 4.90 Å². The number of hydrogen-bond donors (Lipinski definition) is 2. The van der Waals surface area contributed by atoms with Gasteiger partial charge in [-0.15, -0.1) is 0 Å². The summed E-state index contributed by atoms with van der Waals surface area (Å²) >= 11 is 0. The number of halogens is 1. The Labute approximate surface area is 121 Å². The van der Waals surface area contributed by atoms with Crippen molar-refractivity contribution in [3.05, 3.63) is 29.3 Å². The van der Waals surface area contributed by atoms with Crippen LogP contribution < -0.4 is 23.5 Å². The van der Waals surface area contributed by atoms with Crippen molar-refractivity contribution in [3.8, 4) is 0 Å². The first-order valence-electron chi connectivity index (χ1n) is 6.10. The van der Waals surface area contributed by atoms with Gasteiger partial charge in [0.05, 0.1) is 0 Å². The number of carbonyl (C=O) groups excluding carboxylic acids is 3. The maximum absolute atomic E-state index is 12.3. The van der Waals surface area contributed by atoms with Gasteiger partial charge in [-0.05, 0) is 18.6 Å². The third kappa shape index (κ3) is 2.12. The summed E-state index contributed by atoms with van der Waals surface area (Å²) < 4.78 is 0. The Morgan fingerprint density at radius 1 is 1.25 bits per heavy atom. The minimum absolute atomic E-state index is 0. The molecule has 0 saturated carbocycles. The Morgan fingerprint density at radius 3 is 2.65 bits per heavy atom. The van der Waals surface area contributed by atoms with Crippen LogP contribution in [0.5, 0.6) is 0 Å². The molecule has 3 N–H and O–H groups in total. The van der Waals surface area contributed by atoms with E-state index in [1.807, 2.05) is 0 Å². The molecule has 1 aromatic rings. The van der Waals surface area contributed by atoms with Crippen molar-refractivity contribution in [3.63, 3.8) is 0 Å². The van der Waals surface area contributed by atoms with Gasteiger partial charge in [0, 0.05) is 29.8 Å². The van der Waals surface area contributed by atoms with Gasteiger partial charge in [-0.1, -0.05) is 6.07 Å². The number of nitrogens with zero attached hydrogens (tertiary/aromatic N) is 1. The minimum Gasteiger partial charge on any atom is -1.00 e. The number of anilines is 1. The van der Waals surface area contributed by atoms with Gasteiger partial charge in [0.1, 0.15) is 6.04 Å². The topological polar surface area (TPSA) is 92.5 Å². The first-order valence-corrected chi connectivity index (χ1v) is 6.10. The predicted molar refractivity (Wildman–Crippen MR) is 66.9 cm³/mol. The number of carbonyl (C=O) groups is 3. The highest BCUT2D eigenvalue weighted by molar-refractivity contribution is 6.06. The molecule has 0 spiro atoms. The first-order chi connectivity index (χ1) is 9.08. The van der Waals surface area contributed by atoms with Crippen molar-refractivity contribution in [1.82, 2.24) is 10.2 Å². The van der Waals surface area contributed by atoms with Crippen LogP contribution in [0.2, 0.25) is 0 Å². The van der Waals surface area contributed by atoms with Crippen LogP contribution in [0.3, 0.4) is 0 Å². The molecule has 2 aliphatic rings. The average Bonchev–Trinajstić information content (AvgIpc) is 2.69. The summed E-state index contributed by atoms with van der Waals surface area (Å²) in [6.45, 7) is 0.327. The summed E-state index contributed by atoms with van der Waals surface area (Å²) in [5, 5.41) is 2.27. The van der Waals surface area contributed by atoms with E-state index in [0.717, 1.165) is 5.56 Å². The van der Waals surface area contributed by atoms with E-state index in [9.17, 15) is 14.4 Å². The fraction of sp³-hybridized carbons (Fsp3) is 0.308. The summed E-state index contributed by atoms with van der Waals surface area (Å²) in [7, 11) is 0. The summed E-state index contributed by atoms with van der Waals surface area (Å²) in [6.07, 6.45) is 0.621. The zero-order valence-electron chi connectivity index (χ0n) is 10.6. The zero-order valence-corrected chi connectivity index (χ0v) is 11.3. The quantitative estimate of drug-likeness (QED) is 0.427. The molecule has 20 heavy (non-hydrogen) atoms. The van der Waals surface area contributed by atoms with Crippen LogP contribution in [0.25, 0.3) is 0 Å². The molecule has 6 nitrogen and oxygen atoms in total. The van der Waals surface area contributed by atoms with Gasteiger partial charge in [-0.25, -0.2) is 0 Å². The molecule has 106 valence electrons. The van der Waals surface area contributed by atoms with Crippen LogP contribution >= 0.6 is 0 Å². The predicted octanol–water partition coefficient (Wildman–Crippen LogP) is -2.97. The number of fused-ring (bicyclic) bond motifs is 1. The molecule has 1 atom stereocenters. The molecule has 1 saturated heterocycles. The Balaban J connectivity index is 0.00000147. The summed E-state index contributed by atoms with van der Waals surface area (Å²) in [4.78, 5) is 36.7. The molecule has 1 unspecified atom stereocenters. The highest BCUT2D eigenvalue weighted by atomic mass is 35.5. The molecule has 0 aliphatic carbocycles. The lowest BCUT2D eigenvalue weighted by Gasteiger charge is -2.29. The number of nitrogens with two attached hydrogens (primary N) is 1.